The summed E-state index contributed by atoms with van der Waals surface area (Å²) in [5, 5.41) is 5.30. The van der Waals surface area contributed by atoms with E-state index in [0.717, 1.165) is 6.07 Å². The molecule has 2 amide bonds. The number of benzene rings is 3. The monoisotopic (exact) mass is 471 g/mol. The Morgan fingerprint density at radius 2 is 1.70 bits per heavy atom. The van der Waals surface area contributed by atoms with E-state index in [9.17, 15) is 22.4 Å². The first-order valence-corrected chi connectivity index (χ1v) is 11.2. The Kier molecular flexibility index (Phi) is 6.98. The number of carbonyl (C=O) groups excluding carboxylic acids is 2. The highest BCUT2D eigenvalue weighted by molar-refractivity contribution is 7.92. The lowest BCUT2D eigenvalue weighted by Crippen LogP contribution is -2.16. The number of hydrogen-bond donors (Lipinski definition) is 3. The summed E-state index contributed by atoms with van der Waals surface area (Å²) in [7, 11) is -2.63. The second-order valence-electron chi connectivity index (χ2n) is 7.15. The van der Waals surface area contributed by atoms with Gasteiger partial charge >= 0.3 is 0 Å². The summed E-state index contributed by atoms with van der Waals surface area (Å²) >= 11 is 0. The summed E-state index contributed by atoms with van der Waals surface area (Å²) in [5.41, 5.74) is 1.39. The molecule has 0 aliphatic carbocycles. The van der Waals surface area contributed by atoms with Gasteiger partial charge in [0, 0.05) is 23.9 Å². The van der Waals surface area contributed by atoms with E-state index in [1.54, 1.807) is 12.1 Å². The summed E-state index contributed by atoms with van der Waals surface area (Å²) in [6.45, 7) is 2.89. The van der Waals surface area contributed by atoms with E-state index in [-0.39, 0.29) is 22.1 Å². The van der Waals surface area contributed by atoms with E-state index in [1.165, 1.54) is 63.4 Å². The Labute approximate surface area is 190 Å². The van der Waals surface area contributed by atoms with Gasteiger partial charge in [-0.25, -0.2) is 12.8 Å². The molecule has 0 saturated carbocycles. The Morgan fingerprint density at radius 3 is 2.36 bits per heavy atom. The van der Waals surface area contributed by atoms with Crippen molar-refractivity contribution in [3.63, 3.8) is 0 Å². The van der Waals surface area contributed by atoms with Crippen LogP contribution in [0.1, 0.15) is 22.8 Å². The highest BCUT2D eigenvalue weighted by Crippen LogP contribution is 2.29. The largest absolute Gasteiger partial charge is 0.495 e. The summed E-state index contributed by atoms with van der Waals surface area (Å²) in [5.74, 6) is -1.07. The minimum absolute atomic E-state index is 0.127. The SMILES string of the molecule is COc1ccc(NC(C)=O)cc1NC(=O)c1cccc(NS(=O)(=O)c2ccc(C)c(F)c2)c1. The van der Waals surface area contributed by atoms with E-state index < -0.39 is 21.7 Å². The molecular formula is C23H22FN3O5S. The van der Waals surface area contributed by atoms with Gasteiger partial charge in [-0.3, -0.25) is 14.3 Å². The molecule has 10 heteroatoms. The van der Waals surface area contributed by atoms with Crippen molar-refractivity contribution in [3.8, 4) is 5.75 Å². The Morgan fingerprint density at radius 1 is 0.939 bits per heavy atom. The van der Waals surface area contributed by atoms with Crippen LogP contribution >= 0.6 is 0 Å². The van der Waals surface area contributed by atoms with Crippen molar-refractivity contribution in [1.29, 1.82) is 0 Å². The standard InChI is InChI=1S/C23H22FN3O5S/c1-14-7-9-19(13-20(14)24)33(30,31)27-18-6-4-5-16(11-18)23(29)26-21-12-17(25-15(2)28)8-10-22(21)32-3/h4-13,27H,1-3H3,(H,25,28)(H,26,29). The number of carbonyl (C=O) groups is 2. The van der Waals surface area contributed by atoms with Crippen LogP contribution in [-0.2, 0) is 14.8 Å². The molecule has 0 bridgehead atoms. The molecule has 0 saturated heterocycles. The molecule has 0 radical (unpaired) electrons. The third-order valence-corrected chi connectivity index (χ3v) is 5.98. The molecule has 0 unspecified atom stereocenters. The molecule has 0 atom stereocenters. The molecule has 0 aliphatic rings. The first-order valence-electron chi connectivity index (χ1n) is 9.75. The Bertz CT molecular complexity index is 1330. The molecule has 172 valence electrons. The van der Waals surface area contributed by atoms with Gasteiger partial charge in [0.15, 0.2) is 0 Å². The van der Waals surface area contributed by atoms with E-state index in [2.05, 4.69) is 15.4 Å². The lowest BCUT2D eigenvalue weighted by atomic mass is 10.1. The van der Waals surface area contributed by atoms with E-state index in [4.69, 9.17) is 4.74 Å². The van der Waals surface area contributed by atoms with Gasteiger partial charge in [0.2, 0.25) is 5.91 Å². The van der Waals surface area contributed by atoms with Crippen LogP contribution in [0.2, 0.25) is 0 Å². The minimum atomic E-state index is -4.06. The quantitative estimate of drug-likeness (QED) is 0.479. The van der Waals surface area contributed by atoms with Crippen LogP contribution in [0.5, 0.6) is 5.75 Å². The van der Waals surface area contributed by atoms with Gasteiger partial charge in [-0.05, 0) is 61.0 Å². The number of sulfonamides is 1. The first-order chi connectivity index (χ1) is 15.6. The number of rotatable bonds is 7. The normalized spacial score (nSPS) is 10.9. The predicted octanol–water partition coefficient (Wildman–Crippen LogP) is 4.15. The number of amides is 2. The predicted molar refractivity (Wildman–Crippen MR) is 124 cm³/mol. The molecule has 8 nitrogen and oxygen atoms in total. The summed E-state index contributed by atoms with van der Waals surface area (Å²) in [6.07, 6.45) is 0. The van der Waals surface area contributed by atoms with Crippen LogP contribution in [0.3, 0.4) is 0 Å². The third kappa shape index (κ3) is 5.86. The summed E-state index contributed by atoms with van der Waals surface area (Å²) in [6, 6.07) is 14.2. The van der Waals surface area contributed by atoms with Crippen LogP contribution in [0.4, 0.5) is 21.5 Å². The summed E-state index contributed by atoms with van der Waals surface area (Å²) < 4.78 is 46.6. The summed E-state index contributed by atoms with van der Waals surface area (Å²) in [4.78, 5) is 23.9. The van der Waals surface area contributed by atoms with Crippen molar-refractivity contribution in [2.24, 2.45) is 0 Å². The number of nitrogens with one attached hydrogen (secondary N) is 3. The maximum atomic E-state index is 13.8. The number of hydrogen-bond acceptors (Lipinski definition) is 5. The molecule has 0 aromatic heterocycles. The fourth-order valence-corrected chi connectivity index (χ4v) is 4.02. The van der Waals surface area contributed by atoms with Crippen LogP contribution < -0.4 is 20.1 Å². The van der Waals surface area contributed by atoms with Gasteiger partial charge in [0.1, 0.15) is 11.6 Å². The van der Waals surface area contributed by atoms with Crippen molar-refractivity contribution < 1.29 is 27.1 Å². The number of anilines is 3. The maximum absolute atomic E-state index is 13.8. The molecular weight excluding hydrogens is 449 g/mol. The van der Waals surface area contributed by atoms with Gasteiger partial charge in [-0.15, -0.1) is 0 Å². The molecule has 3 aromatic carbocycles. The molecule has 3 aromatic rings. The van der Waals surface area contributed by atoms with E-state index in [1.807, 2.05) is 0 Å². The van der Waals surface area contributed by atoms with Crippen molar-refractivity contribution in [1.82, 2.24) is 0 Å². The minimum Gasteiger partial charge on any atom is -0.495 e. The van der Waals surface area contributed by atoms with Gasteiger partial charge in [-0.2, -0.15) is 0 Å². The highest BCUT2D eigenvalue weighted by Gasteiger charge is 2.17. The number of ether oxygens (including phenoxy) is 1. The van der Waals surface area contributed by atoms with Crippen molar-refractivity contribution in [2.45, 2.75) is 18.7 Å². The average molecular weight is 472 g/mol. The maximum Gasteiger partial charge on any atom is 0.261 e. The molecule has 0 spiro atoms. The van der Waals surface area contributed by atoms with Gasteiger partial charge in [0.25, 0.3) is 15.9 Å². The van der Waals surface area contributed by atoms with Crippen LogP contribution in [0.15, 0.2) is 65.6 Å². The third-order valence-electron chi connectivity index (χ3n) is 4.60. The van der Waals surface area contributed by atoms with Crippen LogP contribution in [-0.4, -0.2) is 27.3 Å². The molecule has 3 rings (SSSR count). The Balaban J connectivity index is 1.83. The fourth-order valence-electron chi connectivity index (χ4n) is 2.96. The topological polar surface area (TPSA) is 114 Å². The number of halogens is 1. The van der Waals surface area contributed by atoms with E-state index in [0.29, 0.717) is 22.7 Å². The lowest BCUT2D eigenvalue weighted by Gasteiger charge is -2.13. The van der Waals surface area contributed by atoms with Crippen molar-refractivity contribution in [2.75, 3.05) is 22.5 Å². The van der Waals surface area contributed by atoms with Crippen molar-refractivity contribution in [3.05, 3.63) is 77.6 Å². The van der Waals surface area contributed by atoms with Gasteiger partial charge in [-0.1, -0.05) is 12.1 Å². The molecule has 0 fully saturated rings. The zero-order valence-corrected chi connectivity index (χ0v) is 18.9. The van der Waals surface area contributed by atoms with Crippen molar-refractivity contribution >= 4 is 38.9 Å². The van der Waals surface area contributed by atoms with Gasteiger partial charge in [0.05, 0.1) is 17.7 Å². The van der Waals surface area contributed by atoms with E-state index >= 15 is 0 Å². The molecule has 0 aliphatic heterocycles. The van der Waals surface area contributed by atoms with Crippen LogP contribution in [0, 0.1) is 12.7 Å². The zero-order valence-electron chi connectivity index (χ0n) is 18.1. The van der Waals surface area contributed by atoms with Crippen LogP contribution in [0.25, 0.3) is 0 Å². The average Bonchev–Trinajstić information content (AvgIpc) is 2.75. The fraction of sp³-hybridized carbons (Fsp3) is 0.130. The Hall–Kier alpha value is -3.92. The second-order valence-corrected chi connectivity index (χ2v) is 8.83. The molecule has 0 heterocycles. The highest BCUT2D eigenvalue weighted by atomic mass is 32.2. The lowest BCUT2D eigenvalue weighted by molar-refractivity contribution is -0.114. The first kappa shape index (κ1) is 23.7. The number of methoxy groups -OCH3 is 1. The molecule has 33 heavy (non-hydrogen) atoms. The molecule has 3 N–H and O–H groups in total. The smallest absolute Gasteiger partial charge is 0.261 e. The second kappa shape index (κ2) is 9.70. The number of aryl methyl sites for hydroxylation is 1. The van der Waals surface area contributed by atoms with Gasteiger partial charge < -0.3 is 15.4 Å². The zero-order chi connectivity index (χ0) is 24.2.